The molecule has 6 nitrogen and oxygen atoms in total. The van der Waals surface area contributed by atoms with Crippen LogP contribution in [-0.2, 0) is 27.1 Å². The van der Waals surface area contributed by atoms with E-state index in [0.29, 0.717) is 23.7 Å². The van der Waals surface area contributed by atoms with E-state index in [1.54, 1.807) is 0 Å². The minimum atomic E-state index is -0.473. The number of ketones is 1. The van der Waals surface area contributed by atoms with Crippen LogP contribution in [0.4, 0.5) is 0 Å². The predicted molar refractivity (Wildman–Crippen MR) is 166 cm³/mol. The lowest BCUT2D eigenvalue weighted by molar-refractivity contribution is -0.227. The summed E-state index contributed by atoms with van der Waals surface area (Å²) in [6.07, 6.45) is 9.37. The van der Waals surface area contributed by atoms with Gasteiger partial charge in [0.2, 0.25) is 0 Å². The lowest BCUT2D eigenvalue weighted by Gasteiger charge is -2.59. The van der Waals surface area contributed by atoms with Crippen molar-refractivity contribution in [2.75, 3.05) is 6.79 Å². The third-order valence-electron chi connectivity index (χ3n) is 13.7. The molecular formula is C37H51NO5. The van der Waals surface area contributed by atoms with Gasteiger partial charge in [0.1, 0.15) is 6.79 Å². The monoisotopic (exact) mass is 589 g/mol. The van der Waals surface area contributed by atoms with Gasteiger partial charge in [-0.05, 0) is 139 Å². The maximum Gasteiger partial charge on any atom is 0.169 e. The lowest BCUT2D eigenvalue weighted by atomic mass is 9.49. The van der Waals surface area contributed by atoms with Crippen molar-refractivity contribution in [2.24, 2.45) is 35.0 Å². The van der Waals surface area contributed by atoms with Crippen molar-refractivity contribution in [3.8, 4) is 0 Å². The molecule has 9 atom stereocenters. The summed E-state index contributed by atoms with van der Waals surface area (Å²) in [6.45, 7) is 15.0. The second kappa shape index (κ2) is 9.18. The Balaban J connectivity index is 1.14. The molecule has 234 valence electrons. The van der Waals surface area contributed by atoms with Crippen molar-refractivity contribution in [2.45, 2.75) is 135 Å². The Morgan fingerprint density at radius 2 is 1.74 bits per heavy atom. The van der Waals surface area contributed by atoms with Crippen molar-refractivity contribution in [1.29, 1.82) is 0 Å². The summed E-state index contributed by atoms with van der Waals surface area (Å²) in [5, 5.41) is 10.8. The molecule has 1 aromatic heterocycles. The van der Waals surface area contributed by atoms with E-state index in [0.717, 1.165) is 31.2 Å². The van der Waals surface area contributed by atoms with Gasteiger partial charge in [-0.15, -0.1) is 0 Å². The second-order valence-electron chi connectivity index (χ2n) is 16.9. The maximum absolute atomic E-state index is 14.1. The first-order chi connectivity index (χ1) is 20.3. The van der Waals surface area contributed by atoms with Crippen LogP contribution in [0.5, 0.6) is 0 Å². The Hall–Kier alpha value is -1.73. The van der Waals surface area contributed by atoms with Crippen LogP contribution in [0, 0.1) is 35.0 Å². The number of aromatic nitrogens is 1. The minimum Gasteiger partial charge on any atom is -0.372 e. The van der Waals surface area contributed by atoms with Crippen molar-refractivity contribution in [3.63, 3.8) is 0 Å². The molecule has 1 aromatic carbocycles. The van der Waals surface area contributed by atoms with Gasteiger partial charge < -0.3 is 24.3 Å². The molecule has 4 fully saturated rings. The molecule has 4 aliphatic carbocycles. The number of aliphatic hydroxyl groups is 1. The average Bonchev–Trinajstić information content (AvgIpc) is 3.53. The van der Waals surface area contributed by atoms with E-state index in [1.807, 2.05) is 0 Å². The normalized spacial score (nSPS) is 40.8. The van der Waals surface area contributed by atoms with Crippen LogP contribution < -0.4 is 0 Å². The molecule has 2 aliphatic heterocycles. The number of hydrogen-bond acceptors (Lipinski definition) is 5. The summed E-state index contributed by atoms with van der Waals surface area (Å²) < 4.78 is 19.0. The number of Topliss-reactive ketones (excluding diaryl/α,β-unsaturated/α-hetero) is 1. The molecule has 6 aliphatic rings. The number of carbonyl (C=O) groups excluding carboxylic acids is 1. The van der Waals surface area contributed by atoms with Gasteiger partial charge in [0, 0.05) is 34.0 Å². The average molecular weight is 590 g/mol. The molecule has 43 heavy (non-hydrogen) atoms. The molecule has 6 heteroatoms. The first kappa shape index (κ1) is 28.7. The number of aliphatic hydroxyl groups excluding tert-OH is 1. The van der Waals surface area contributed by atoms with Gasteiger partial charge in [0.15, 0.2) is 5.78 Å². The molecular weight excluding hydrogens is 538 g/mol. The molecule has 2 saturated carbocycles. The quantitative estimate of drug-likeness (QED) is 0.373. The number of carbonyl (C=O) groups is 1. The molecule has 0 spiro atoms. The largest absolute Gasteiger partial charge is 0.372 e. The van der Waals surface area contributed by atoms with Crippen LogP contribution in [0.15, 0.2) is 12.1 Å². The van der Waals surface area contributed by atoms with Gasteiger partial charge in [0.25, 0.3) is 0 Å². The number of hydrogen-bond donors (Lipinski definition) is 2. The zero-order chi connectivity index (χ0) is 30.3. The molecule has 8 rings (SSSR count). The van der Waals surface area contributed by atoms with E-state index in [2.05, 4.69) is 65.6 Å². The summed E-state index contributed by atoms with van der Waals surface area (Å²) in [6, 6.07) is 4.30. The van der Waals surface area contributed by atoms with Crippen molar-refractivity contribution in [3.05, 3.63) is 34.5 Å². The molecule has 2 aromatic rings. The third-order valence-corrected chi connectivity index (χ3v) is 13.7. The van der Waals surface area contributed by atoms with E-state index in [9.17, 15) is 9.90 Å². The number of nitrogens with one attached hydrogen (secondary N) is 1. The summed E-state index contributed by atoms with van der Waals surface area (Å²) in [7, 11) is 0. The summed E-state index contributed by atoms with van der Waals surface area (Å²) in [5.74, 6) is 2.84. The number of fused-ring (bicyclic) bond motifs is 12. The summed E-state index contributed by atoms with van der Waals surface area (Å²) in [4.78, 5) is 18.1. The Morgan fingerprint density at radius 3 is 2.51 bits per heavy atom. The number of aromatic amines is 1. The van der Waals surface area contributed by atoms with Gasteiger partial charge in [-0.1, -0.05) is 6.92 Å². The number of ether oxygens (including phenoxy) is 3. The molecule has 0 amide bonds. The van der Waals surface area contributed by atoms with E-state index in [4.69, 9.17) is 14.2 Å². The number of benzene rings is 1. The van der Waals surface area contributed by atoms with Gasteiger partial charge >= 0.3 is 0 Å². The Bertz CT molecular complexity index is 1490. The van der Waals surface area contributed by atoms with E-state index < -0.39 is 11.2 Å². The van der Waals surface area contributed by atoms with E-state index in [-0.39, 0.29) is 47.6 Å². The summed E-state index contributed by atoms with van der Waals surface area (Å²) >= 11 is 0. The highest BCUT2D eigenvalue weighted by Crippen LogP contribution is 2.66. The van der Waals surface area contributed by atoms with E-state index >= 15 is 0 Å². The standard InChI is InChI=1S/C37H51NO5/c1-34(2)25-17-22-20(33(40)31(25)36(5,6)43-34)9-12-26-29(22)23-16-19-8-11-24-21-10-13-28(35(3,4)41-18-39)42-27(21)14-15-37(24,7)30(19)32(23)38-26/h9,12,19,21,24-25,27-28,30-31,38-39H,8,10-11,13-18H2,1-7H3/t19?,21?,24?,25-,27?,28+,30?,31?,37+/m1/s1. The van der Waals surface area contributed by atoms with Crippen LogP contribution >= 0.6 is 0 Å². The van der Waals surface area contributed by atoms with Gasteiger partial charge in [-0.3, -0.25) is 4.79 Å². The zero-order valence-corrected chi connectivity index (χ0v) is 27.2. The van der Waals surface area contributed by atoms with Crippen molar-refractivity contribution in [1.82, 2.24) is 4.98 Å². The third kappa shape index (κ3) is 3.88. The van der Waals surface area contributed by atoms with E-state index in [1.165, 1.54) is 53.4 Å². The molecule has 2 saturated heterocycles. The van der Waals surface area contributed by atoms with Crippen LogP contribution in [-0.4, -0.2) is 51.7 Å². The van der Waals surface area contributed by atoms with Crippen LogP contribution in [0.3, 0.4) is 0 Å². The molecule has 0 radical (unpaired) electrons. The molecule has 2 N–H and O–H groups in total. The fourth-order valence-electron chi connectivity index (χ4n) is 12.0. The fourth-order valence-corrected chi connectivity index (χ4v) is 12.0. The molecule has 3 heterocycles. The minimum absolute atomic E-state index is 0.0303. The molecule has 0 bridgehead atoms. The number of rotatable bonds is 3. The van der Waals surface area contributed by atoms with Gasteiger partial charge in [0.05, 0.1) is 34.9 Å². The first-order valence-electron chi connectivity index (χ1n) is 17.1. The lowest BCUT2D eigenvalue weighted by Crippen LogP contribution is -2.56. The highest BCUT2D eigenvalue weighted by molar-refractivity contribution is 6.06. The predicted octanol–water partition coefficient (Wildman–Crippen LogP) is 7.10. The Kier molecular flexibility index (Phi) is 6.13. The van der Waals surface area contributed by atoms with Crippen LogP contribution in [0.2, 0.25) is 0 Å². The van der Waals surface area contributed by atoms with Gasteiger partial charge in [-0.25, -0.2) is 0 Å². The fraction of sp³-hybridized carbons (Fsp3) is 0.757. The van der Waals surface area contributed by atoms with Crippen LogP contribution in [0.25, 0.3) is 10.9 Å². The summed E-state index contributed by atoms with van der Waals surface area (Å²) in [5.41, 5.74) is 5.43. The SMILES string of the molecule is CC1(C)OC(C)(C)[C@@H]2Cc3c(ccc4[nH]c5c(c34)CC3CCC4C6CC[C@@H](C(C)(C)OCO)OC6CC[C@]4(C)C53)C(=O)C21. The smallest absolute Gasteiger partial charge is 0.169 e. The Labute approximate surface area is 256 Å². The van der Waals surface area contributed by atoms with Crippen molar-refractivity contribution < 1.29 is 24.1 Å². The van der Waals surface area contributed by atoms with Crippen LogP contribution in [0.1, 0.15) is 120 Å². The topological polar surface area (TPSA) is 80.8 Å². The highest BCUT2D eigenvalue weighted by atomic mass is 16.6. The number of H-pyrrole nitrogens is 1. The first-order valence-corrected chi connectivity index (χ1v) is 17.1. The zero-order valence-electron chi connectivity index (χ0n) is 27.2. The van der Waals surface area contributed by atoms with Crippen molar-refractivity contribution >= 4 is 16.7 Å². The van der Waals surface area contributed by atoms with Gasteiger partial charge in [-0.2, -0.15) is 0 Å². The second-order valence-corrected chi connectivity index (χ2v) is 16.9. The Morgan fingerprint density at radius 1 is 0.953 bits per heavy atom. The highest BCUT2D eigenvalue weighted by Gasteiger charge is 2.61. The maximum atomic E-state index is 14.1. The molecule has 6 unspecified atom stereocenters.